The lowest BCUT2D eigenvalue weighted by molar-refractivity contribution is 0.154. The van der Waals surface area contributed by atoms with E-state index >= 15 is 0 Å². The van der Waals surface area contributed by atoms with Crippen molar-refractivity contribution in [2.45, 2.75) is 40.3 Å². The average Bonchev–Trinajstić information content (AvgIpc) is 3.10. The van der Waals surface area contributed by atoms with E-state index in [9.17, 15) is 9.90 Å². The van der Waals surface area contributed by atoms with E-state index in [0.29, 0.717) is 5.52 Å². The Morgan fingerprint density at radius 1 is 0.931 bits per heavy atom. The van der Waals surface area contributed by atoms with Gasteiger partial charge in [-0.1, -0.05) is 47.5 Å². The smallest absolute Gasteiger partial charge is 0.276 e. The van der Waals surface area contributed by atoms with Crippen molar-refractivity contribution < 1.29 is 5.11 Å². The van der Waals surface area contributed by atoms with Crippen molar-refractivity contribution >= 4 is 5.52 Å². The van der Waals surface area contributed by atoms with Crippen LogP contribution >= 0.6 is 0 Å². The highest BCUT2D eigenvalue weighted by Crippen LogP contribution is 2.24. The van der Waals surface area contributed by atoms with E-state index in [1.54, 1.807) is 21.5 Å². The van der Waals surface area contributed by atoms with Crippen LogP contribution < -0.4 is 5.56 Å². The summed E-state index contributed by atoms with van der Waals surface area (Å²) in [5.74, 6) is 0. The molecule has 0 spiro atoms. The maximum absolute atomic E-state index is 13.0. The Bertz CT molecular complexity index is 1270. The van der Waals surface area contributed by atoms with Gasteiger partial charge in [-0.3, -0.25) is 4.79 Å². The van der Waals surface area contributed by atoms with Gasteiger partial charge in [0.05, 0.1) is 18.3 Å². The van der Waals surface area contributed by atoms with Crippen molar-refractivity contribution in [1.29, 1.82) is 0 Å². The first-order valence-corrected chi connectivity index (χ1v) is 9.75. The summed E-state index contributed by atoms with van der Waals surface area (Å²) in [4.78, 5) is 13.0. The highest BCUT2D eigenvalue weighted by Gasteiger charge is 2.15. The van der Waals surface area contributed by atoms with Gasteiger partial charge in [-0.25, -0.2) is 4.52 Å². The van der Waals surface area contributed by atoms with Crippen molar-refractivity contribution in [3.8, 4) is 11.3 Å². The summed E-state index contributed by atoms with van der Waals surface area (Å²) in [5.41, 5.74) is 7.38. The Labute approximate surface area is 169 Å². The van der Waals surface area contributed by atoms with Crippen LogP contribution in [0.15, 0.2) is 59.7 Å². The van der Waals surface area contributed by atoms with Crippen LogP contribution in [0.5, 0.6) is 0 Å². The molecule has 1 atom stereocenters. The van der Waals surface area contributed by atoms with Gasteiger partial charge >= 0.3 is 0 Å². The van der Waals surface area contributed by atoms with Gasteiger partial charge in [-0.2, -0.15) is 5.10 Å². The van der Waals surface area contributed by atoms with Gasteiger partial charge in [0.1, 0.15) is 5.52 Å². The van der Waals surface area contributed by atoms with Crippen molar-refractivity contribution in [3.05, 3.63) is 93.0 Å². The highest BCUT2D eigenvalue weighted by molar-refractivity contribution is 5.68. The second-order valence-corrected chi connectivity index (χ2v) is 7.81. The third kappa shape index (κ3) is 3.61. The van der Waals surface area contributed by atoms with Gasteiger partial charge in [0, 0.05) is 18.0 Å². The summed E-state index contributed by atoms with van der Waals surface area (Å²) < 4.78 is 3.16. The van der Waals surface area contributed by atoms with Crippen molar-refractivity contribution in [2.24, 2.45) is 0 Å². The summed E-state index contributed by atoms with van der Waals surface area (Å²) in [6.07, 6.45) is 2.69. The topological polar surface area (TPSA) is 59.5 Å². The Hall–Kier alpha value is -3.18. The van der Waals surface area contributed by atoms with Crippen LogP contribution in [0, 0.1) is 27.7 Å². The monoisotopic (exact) mass is 387 g/mol. The van der Waals surface area contributed by atoms with Gasteiger partial charge < -0.3 is 9.67 Å². The van der Waals surface area contributed by atoms with Crippen LogP contribution in [0.25, 0.3) is 16.8 Å². The molecular weight excluding hydrogens is 362 g/mol. The van der Waals surface area contributed by atoms with Crippen molar-refractivity contribution in [2.75, 3.05) is 0 Å². The SMILES string of the molecule is Cc1ccc(-c2cc3c(=O)n(C[C@H](O)c4cc(C)ccc4C)ccn3n2)c(C)c1. The van der Waals surface area contributed by atoms with Crippen LogP contribution in [-0.4, -0.2) is 19.3 Å². The van der Waals surface area contributed by atoms with Crippen molar-refractivity contribution in [1.82, 2.24) is 14.2 Å². The number of nitrogens with zero attached hydrogens (tertiary/aromatic N) is 3. The molecule has 5 heteroatoms. The van der Waals surface area contributed by atoms with E-state index in [1.807, 2.05) is 57.2 Å². The fraction of sp³-hybridized carbons (Fsp3) is 0.250. The number of aryl methyl sites for hydroxylation is 4. The molecule has 4 aromatic rings. The van der Waals surface area contributed by atoms with Crippen LogP contribution in [0.4, 0.5) is 0 Å². The molecule has 29 heavy (non-hydrogen) atoms. The lowest BCUT2D eigenvalue weighted by Gasteiger charge is -2.16. The van der Waals surface area contributed by atoms with Crippen LogP contribution in [0.1, 0.15) is 33.9 Å². The number of benzene rings is 2. The molecule has 2 heterocycles. The second kappa shape index (κ2) is 7.33. The number of hydrogen-bond donors (Lipinski definition) is 1. The van der Waals surface area contributed by atoms with Gasteiger partial charge in [0.25, 0.3) is 5.56 Å². The summed E-state index contributed by atoms with van der Waals surface area (Å²) >= 11 is 0. The zero-order valence-electron chi connectivity index (χ0n) is 17.2. The molecule has 0 bridgehead atoms. The molecule has 5 nitrogen and oxygen atoms in total. The number of aliphatic hydroxyl groups excluding tert-OH is 1. The fourth-order valence-electron chi connectivity index (χ4n) is 3.81. The average molecular weight is 387 g/mol. The van der Waals surface area contributed by atoms with E-state index in [-0.39, 0.29) is 12.1 Å². The lowest BCUT2D eigenvalue weighted by atomic mass is 10.0. The number of fused-ring (bicyclic) bond motifs is 1. The highest BCUT2D eigenvalue weighted by atomic mass is 16.3. The van der Waals surface area contributed by atoms with Crippen LogP contribution in [0.2, 0.25) is 0 Å². The summed E-state index contributed by atoms with van der Waals surface area (Å²) in [5, 5.41) is 15.3. The quantitative estimate of drug-likeness (QED) is 0.573. The zero-order valence-corrected chi connectivity index (χ0v) is 17.2. The largest absolute Gasteiger partial charge is 0.387 e. The Morgan fingerprint density at radius 3 is 2.41 bits per heavy atom. The predicted octanol–water partition coefficient (Wildman–Crippen LogP) is 4.13. The molecule has 0 saturated heterocycles. The molecule has 1 N–H and O–H groups in total. The number of hydrogen-bond acceptors (Lipinski definition) is 3. The van der Waals surface area contributed by atoms with E-state index in [1.165, 1.54) is 5.56 Å². The van der Waals surface area contributed by atoms with Gasteiger partial charge in [0.2, 0.25) is 0 Å². The maximum Gasteiger partial charge on any atom is 0.276 e. The molecule has 4 rings (SSSR count). The first-order chi connectivity index (χ1) is 13.8. The Kier molecular flexibility index (Phi) is 4.84. The summed E-state index contributed by atoms with van der Waals surface area (Å²) in [6, 6.07) is 14.0. The summed E-state index contributed by atoms with van der Waals surface area (Å²) in [6.45, 7) is 8.26. The lowest BCUT2D eigenvalue weighted by Crippen LogP contribution is -2.24. The summed E-state index contributed by atoms with van der Waals surface area (Å²) in [7, 11) is 0. The first-order valence-electron chi connectivity index (χ1n) is 9.75. The molecule has 0 amide bonds. The van der Waals surface area contributed by atoms with E-state index in [0.717, 1.165) is 33.5 Å². The fourth-order valence-corrected chi connectivity index (χ4v) is 3.81. The second-order valence-electron chi connectivity index (χ2n) is 7.81. The van der Waals surface area contributed by atoms with Gasteiger partial charge in [0.15, 0.2) is 0 Å². The standard InChI is InChI=1S/C24H25N3O2/c1-15-6-8-19(18(4)11-15)21-13-22-24(29)26(9-10-27(22)25-21)14-23(28)20-12-16(2)5-7-17(20)3/h5-13,23,28H,14H2,1-4H3/t23-/m0/s1. The molecule has 2 aromatic carbocycles. The Balaban J connectivity index is 1.71. The van der Waals surface area contributed by atoms with Crippen molar-refractivity contribution in [3.63, 3.8) is 0 Å². The maximum atomic E-state index is 13.0. The van der Waals surface area contributed by atoms with E-state index < -0.39 is 6.10 Å². The molecule has 0 saturated carbocycles. The molecule has 0 fully saturated rings. The molecule has 0 unspecified atom stereocenters. The molecule has 2 aromatic heterocycles. The number of rotatable bonds is 4. The molecule has 0 radical (unpaired) electrons. The Morgan fingerprint density at radius 2 is 1.66 bits per heavy atom. The van der Waals surface area contributed by atoms with Gasteiger partial charge in [-0.15, -0.1) is 0 Å². The third-order valence-electron chi connectivity index (χ3n) is 5.42. The predicted molar refractivity (Wildman–Crippen MR) is 115 cm³/mol. The molecule has 0 aliphatic heterocycles. The minimum Gasteiger partial charge on any atom is -0.387 e. The minimum atomic E-state index is -0.753. The van der Waals surface area contributed by atoms with E-state index in [2.05, 4.69) is 18.1 Å². The molecule has 0 aliphatic rings. The molecular formula is C24H25N3O2. The first kappa shape index (κ1) is 19.2. The minimum absolute atomic E-state index is 0.166. The third-order valence-corrected chi connectivity index (χ3v) is 5.42. The van der Waals surface area contributed by atoms with Crippen LogP contribution in [-0.2, 0) is 6.54 Å². The number of aliphatic hydroxyl groups is 1. The van der Waals surface area contributed by atoms with E-state index in [4.69, 9.17) is 0 Å². The number of aromatic nitrogens is 3. The normalized spacial score (nSPS) is 12.4. The van der Waals surface area contributed by atoms with Gasteiger partial charge in [-0.05, 0) is 50.5 Å². The van der Waals surface area contributed by atoms with Crippen LogP contribution in [0.3, 0.4) is 0 Å². The molecule has 148 valence electrons. The zero-order chi connectivity index (χ0) is 20.7. The molecule has 0 aliphatic carbocycles.